The largest absolute Gasteiger partial charge is 0.313 e. The molecule has 0 spiro atoms. The number of hydrogen-bond donors (Lipinski definition) is 2. The molecule has 0 radical (unpaired) electrons. The molecule has 0 aromatic carbocycles. The average molecular weight is 236 g/mol. The molecule has 0 saturated carbocycles. The minimum Gasteiger partial charge on any atom is -0.313 e. The molecule has 0 saturated heterocycles. The van der Waals surface area contributed by atoms with Gasteiger partial charge in [-0.05, 0) is 13.3 Å². The van der Waals surface area contributed by atoms with Gasteiger partial charge in [0, 0.05) is 19.1 Å². The van der Waals surface area contributed by atoms with Gasteiger partial charge in [-0.2, -0.15) is 0 Å². The Morgan fingerprint density at radius 3 is 2.27 bits per heavy atom. The van der Waals surface area contributed by atoms with Crippen LogP contribution < -0.4 is 10.0 Å². The molecule has 92 valence electrons. The molecule has 15 heavy (non-hydrogen) atoms. The van der Waals surface area contributed by atoms with Crippen molar-refractivity contribution in [2.24, 2.45) is 0 Å². The average Bonchev–Trinajstić information content (AvgIpc) is 2.14. The molecular weight excluding hydrogens is 212 g/mol. The van der Waals surface area contributed by atoms with Gasteiger partial charge in [-0.15, -0.1) is 0 Å². The van der Waals surface area contributed by atoms with Crippen LogP contribution in [0.2, 0.25) is 0 Å². The van der Waals surface area contributed by atoms with Crippen molar-refractivity contribution in [2.75, 3.05) is 13.1 Å². The molecule has 0 aliphatic heterocycles. The first-order chi connectivity index (χ1) is 6.90. The smallest absolute Gasteiger partial charge is 0.215 e. The van der Waals surface area contributed by atoms with E-state index in [2.05, 4.69) is 10.0 Å². The normalized spacial score (nSPS) is 14.5. The van der Waals surface area contributed by atoms with Crippen LogP contribution in [0, 0.1) is 0 Å². The molecule has 0 amide bonds. The van der Waals surface area contributed by atoms with Crippen LogP contribution in [0.5, 0.6) is 0 Å². The fourth-order valence-electron chi connectivity index (χ4n) is 1.04. The molecule has 0 bridgehead atoms. The molecule has 0 aliphatic carbocycles. The number of hydrogen-bond acceptors (Lipinski definition) is 3. The number of unbranched alkanes of at least 4 members (excludes halogenated alkanes) is 1. The van der Waals surface area contributed by atoms with Gasteiger partial charge in [-0.25, -0.2) is 13.1 Å². The Balaban J connectivity index is 3.97. The second-order valence-corrected chi connectivity index (χ2v) is 6.35. The summed E-state index contributed by atoms with van der Waals surface area (Å²) in [6.07, 6.45) is 1.89. The van der Waals surface area contributed by atoms with Gasteiger partial charge < -0.3 is 5.32 Å². The van der Waals surface area contributed by atoms with E-state index in [1.165, 1.54) is 0 Å². The van der Waals surface area contributed by atoms with Crippen LogP contribution in [0.4, 0.5) is 0 Å². The highest BCUT2D eigenvalue weighted by Gasteiger charge is 2.19. The van der Waals surface area contributed by atoms with Crippen LogP contribution in [0.25, 0.3) is 0 Å². The predicted octanol–water partition coefficient (Wildman–Crippen LogP) is 1.09. The van der Waals surface area contributed by atoms with Crippen LogP contribution >= 0.6 is 0 Å². The van der Waals surface area contributed by atoms with E-state index in [1.54, 1.807) is 6.92 Å². The Morgan fingerprint density at radius 1 is 1.20 bits per heavy atom. The van der Waals surface area contributed by atoms with E-state index in [-0.39, 0.29) is 5.25 Å². The van der Waals surface area contributed by atoms with Gasteiger partial charge in [0.15, 0.2) is 0 Å². The zero-order valence-corrected chi connectivity index (χ0v) is 11.0. The molecule has 2 N–H and O–H groups in total. The van der Waals surface area contributed by atoms with Gasteiger partial charge in [0.2, 0.25) is 10.0 Å². The Bertz CT molecular complexity index is 250. The van der Waals surface area contributed by atoms with Crippen LogP contribution in [-0.4, -0.2) is 32.8 Å². The molecule has 4 nitrogen and oxygen atoms in total. The Hall–Kier alpha value is -0.130. The van der Waals surface area contributed by atoms with E-state index in [4.69, 9.17) is 0 Å². The van der Waals surface area contributed by atoms with E-state index in [0.717, 1.165) is 12.8 Å². The molecule has 0 aromatic rings. The summed E-state index contributed by atoms with van der Waals surface area (Å²) in [6, 6.07) is 0.318. The van der Waals surface area contributed by atoms with Gasteiger partial charge >= 0.3 is 0 Å². The van der Waals surface area contributed by atoms with Crippen molar-refractivity contribution >= 4 is 10.0 Å². The lowest BCUT2D eigenvalue weighted by Crippen LogP contribution is -2.41. The standard InChI is InChI=1S/C10H24N2O2S/c1-5-6-7-12-15(13,14)10(4)8-11-9(2)3/h9-12H,5-8H2,1-4H3. The summed E-state index contributed by atoms with van der Waals surface area (Å²) in [5.74, 6) is 0. The van der Waals surface area contributed by atoms with Gasteiger partial charge in [-0.3, -0.25) is 0 Å². The van der Waals surface area contributed by atoms with Gasteiger partial charge in [0.1, 0.15) is 0 Å². The summed E-state index contributed by atoms with van der Waals surface area (Å²) < 4.78 is 25.9. The van der Waals surface area contributed by atoms with Crippen LogP contribution in [0.1, 0.15) is 40.5 Å². The van der Waals surface area contributed by atoms with Crippen molar-refractivity contribution in [2.45, 2.75) is 51.8 Å². The molecule has 0 heterocycles. The maximum Gasteiger partial charge on any atom is 0.215 e. The molecule has 5 heteroatoms. The molecule has 0 rings (SSSR count). The molecule has 1 atom stereocenters. The van der Waals surface area contributed by atoms with E-state index in [0.29, 0.717) is 19.1 Å². The molecule has 0 aromatic heterocycles. The minimum atomic E-state index is -3.14. The zero-order valence-electron chi connectivity index (χ0n) is 10.2. The van der Waals surface area contributed by atoms with Gasteiger partial charge in [0.05, 0.1) is 5.25 Å². The van der Waals surface area contributed by atoms with Crippen LogP contribution in [0.15, 0.2) is 0 Å². The maximum absolute atomic E-state index is 11.7. The van der Waals surface area contributed by atoms with E-state index >= 15 is 0 Å². The van der Waals surface area contributed by atoms with E-state index in [1.807, 2.05) is 20.8 Å². The first kappa shape index (κ1) is 14.9. The molecule has 0 aliphatic rings. The lowest BCUT2D eigenvalue weighted by molar-refractivity contribution is 0.539. The zero-order chi connectivity index (χ0) is 11.9. The Labute approximate surface area is 93.9 Å². The lowest BCUT2D eigenvalue weighted by Gasteiger charge is -2.16. The van der Waals surface area contributed by atoms with E-state index in [9.17, 15) is 8.42 Å². The third kappa shape index (κ3) is 6.87. The highest BCUT2D eigenvalue weighted by Crippen LogP contribution is 1.98. The quantitative estimate of drug-likeness (QED) is 0.620. The maximum atomic E-state index is 11.7. The fraction of sp³-hybridized carbons (Fsp3) is 1.00. The summed E-state index contributed by atoms with van der Waals surface area (Å²) in [7, 11) is -3.14. The molecular formula is C10H24N2O2S. The summed E-state index contributed by atoms with van der Waals surface area (Å²) in [6.45, 7) is 8.82. The molecule has 1 unspecified atom stereocenters. The fourth-order valence-corrected chi connectivity index (χ4v) is 2.07. The van der Waals surface area contributed by atoms with Crippen molar-refractivity contribution < 1.29 is 8.42 Å². The third-order valence-electron chi connectivity index (χ3n) is 2.18. The van der Waals surface area contributed by atoms with Crippen molar-refractivity contribution in [1.29, 1.82) is 0 Å². The van der Waals surface area contributed by atoms with Crippen molar-refractivity contribution in [3.8, 4) is 0 Å². The van der Waals surface area contributed by atoms with Crippen LogP contribution in [0.3, 0.4) is 0 Å². The summed E-state index contributed by atoms with van der Waals surface area (Å²) >= 11 is 0. The van der Waals surface area contributed by atoms with Gasteiger partial charge in [0.25, 0.3) is 0 Å². The Kier molecular flexibility index (Phi) is 7.13. The van der Waals surface area contributed by atoms with Crippen LogP contribution in [-0.2, 0) is 10.0 Å². The summed E-state index contributed by atoms with van der Waals surface area (Å²) in [5, 5.41) is 2.74. The number of nitrogens with one attached hydrogen (secondary N) is 2. The van der Waals surface area contributed by atoms with Crippen molar-refractivity contribution in [1.82, 2.24) is 10.0 Å². The highest BCUT2D eigenvalue weighted by atomic mass is 32.2. The highest BCUT2D eigenvalue weighted by molar-refractivity contribution is 7.90. The van der Waals surface area contributed by atoms with E-state index < -0.39 is 10.0 Å². The monoisotopic (exact) mass is 236 g/mol. The predicted molar refractivity (Wildman–Crippen MR) is 64.4 cm³/mol. The SMILES string of the molecule is CCCCNS(=O)(=O)C(C)CNC(C)C. The second-order valence-electron chi connectivity index (χ2n) is 4.17. The number of sulfonamides is 1. The molecule has 0 fully saturated rings. The first-order valence-corrected chi connectivity index (χ1v) is 7.16. The van der Waals surface area contributed by atoms with Gasteiger partial charge in [-0.1, -0.05) is 27.2 Å². The van der Waals surface area contributed by atoms with Crippen molar-refractivity contribution in [3.63, 3.8) is 0 Å². The summed E-state index contributed by atoms with van der Waals surface area (Å²) in [5.41, 5.74) is 0. The second kappa shape index (κ2) is 7.19. The minimum absolute atomic E-state index is 0.318. The number of rotatable bonds is 8. The first-order valence-electron chi connectivity index (χ1n) is 5.62. The lowest BCUT2D eigenvalue weighted by atomic mass is 10.3. The topological polar surface area (TPSA) is 58.2 Å². The Morgan fingerprint density at radius 2 is 1.80 bits per heavy atom. The van der Waals surface area contributed by atoms with Crippen molar-refractivity contribution in [3.05, 3.63) is 0 Å². The third-order valence-corrected chi connectivity index (χ3v) is 4.01. The summed E-state index contributed by atoms with van der Waals surface area (Å²) in [4.78, 5) is 0.